The van der Waals surface area contributed by atoms with Crippen molar-refractivity contribution in [3.8, 4) is 0 Å². The molecule has 0 fully saturated rings. The summed E-state index contributed by atoms with van der Waals surface area (Å²) >= 11 is 11.6. The number of carbonyl (C=O) groups is 1. The van der Waals surface area contributed by atoms with Crippen molar-refractivity contribution in [2.75, 3.05) is 11.9 Å². The number of nitrogens with zero attached hydrogens (tertiary/aromatic N) is 1. The molecule has 0 heterocycles. The fourth-order valence-electron chi connectivity index (χ4n) is 0.923. The zero-order valence-corrected chi connectivity index (χ0v) is 8.86. The number of halogens is 2. The van der Waals surface area contributed by atoms with Crippen molar-refractivity contribution in [2.24, 2.45) is 0 Å². The van der Waals surface area contributed by atoms with Gasteiger partial charge in [0.2, 0.25) is 5.91 Å². The zero-order chi connectivity index (χ0) is 10.0. The maximum absolute atomic E-state index is 11.0. The quantitative estimate of drug-likeness (QED) is 0.709. The number of benzene rings is 1. The van der Waals surface area contributed by atoms with E-state index in [-0.39, 0.29) is 5.91 Å². The first-order valence-corrected chi connectivity index (χ1v) is 4.47. The lowest BCUT2D eigenvalue weighted by Crippen LogP contribution is -2.22. The third-order valence-electron chi connectivity index (χ3n) is 1.74. The third-order valence-corrected chi connectivity index (χ3v) is 2.28. The summed E-state index contributed by atoms with van der Waals surface area (Å²) in [6, 6.07) is 5.02. The van der Waals surface area contributed by atoms with Crippen LogP contribution in [0.5, 0.6) is 0 Å². The van der Waals surface area contributed by atoms with Gasteiger partial charge in [-0.3, -0.25) is 4.79 Å². The monoisotopic (exact) mass is 217 g/mol. The molecule has 0 saturated carbocycles. The van der Waals surface area contributed by atoms with E-state index in [1.165, 1.54) is 11.8 Å². The highest BCUT2D eigenvalue weighted by molar-refractivity contribution is 6.36. The molecule has 0 aliphatic heterocycles. The maximum Gasteiger partial charge on any atom is 0.223 e. The van der Waals surface area contributed by atoms with Gasteiger partial charge in [0.1, 0.15) is 0 Å². The fourth-order valence-corrected chi connectivity index (χ4v) is 1.46. The Kier molecular flexibility index (Phi) is 3.17. The second-order valence-corrected chi connectivity index (χ2v) is 3.52. The second kappa shape index (κ2) is 3.99. The molecular formula is C9H9Cl2NO. The van der Waals surface area contributed by atoms with Gasteiger partial charge in [-0.25, -0.2) is 0 Å². The SMILES string of the molecule is CC(=O)N(C)c1ccc(Cl)cc1Cl. The molecule has 1 amide bonds. The molecule has 0 bridgehead atoms. The highest BCUT2D eigenvalue weighted by Gasteiger charge is 2.09. The van der Waals surface area contributed by atoms with Crippen LogP contribution in [0.25, 0.3) is 0 Å². The topological polar surface area (TPSA) is 20.3 Å². The first kappa shape index (κ1) is 10.4. The van der Waals surface area contributed by atoms with Crippen LogP contribution in [0, 0.1) is 0 Å². The van der Waals surface area contributed by atoms with Crippen molar-refractivity contribution in [1.29, 1.82) is 0 Å². The second-order valence-electron chi connectivity index (χ2n) is 2.67. The largest absolute Gasteiger partial charge is 0.314 e. The van der Waals surface area contributed by atoms with Crippen LogP contribution in [0.1, 0.15) is 6.92 Å². The van der Waals surface area contributed by atoms with Gasteiger partial charge in [-0.2, -0.15) is 0 Å². The summed E-state index contributed by atoms with van der Waals surface area (Å²) in [7, 11) is 1.66. The lowest BCUT2D eigenvalue weighted by Gasteiger charge is -2.16. The molecule has 13 heavy (non-hydrogen) atoms. The van der Waals surface area contributed by atoms with Crippen LogP contribution in [0.3, 0.4) is 0 Å². The van der Waals surface area contributed by atoms with Crippen LogP contribution in [0.2, 0.25) is 10.0 Å². The Hall–Kier alpha value is -0.730. The van der Waals surface area contributed by atoms with E-state index >= 15 is 0 Å². The number of anilines is 1. The van der Waals surface area contributed by atoms with Crippen LogP contribution >= 0.6 is 23.2 Å². The lowest BCUT2D eigenvalue weighted by atomic mass is 10.3. The van der Waals surface area contributed by atoms with Crippen LogP contribution in [0.15, 0.2) is 18.2 Å². The van der Waals surface area contributed by atoms with Crippen molar-refractivity contribution < 1.29 is 4.79 Å². The average Bonchev–Trinajstić information content (AvgIpc) is 2.03. The first-order valence-electron chi connectivity index (χ1n) is 3.71. The van der Waals surface area contributed by atoms with Gasteiger partial charge in [-0.05, 0) is 18.2 Å². The van der Waals surface area contributed by atoms with Crippen molar-refractivity contribution in [2.45, 2.75) is 6.92 Å². The summed E-state index contributed by atoms with van der Waals surface area (Å²) < 4.78 is 0. The summed E-state index contributed by atoms with van der Waals surface area (Å²) in [5, 5.41) is 1.04. The molecule has 0 saturated heterocycles. The molecule has 1 aromatic carbocycles. The van der Waals surface area contributed by atoms with E-state index < -0.39 is 0 Å². The van der Waals surface area contributed by atoms with E-state index in [1.807, 2.05) is 0 Å². The maximum atomic E-state index is 11.0. The molecule has 0 unspecified atom stereocenters. The van der Waals surface area contributed by atoms with E-state index in [2.05, 4.69) is 0 Å². The number of carbonyl (C=O) groups excluding carboxylic acids is 1. The normalized spacial score (nSPS) is 9.85. The molecule has 70 valence electrons. The molecule has 0 atom stereocenters. The van der Waals surface area contributed by atoms with Crippen LogP contribution < -0.4 is 4.90 Å². The van der Waals surface area contributed by atoms with Crippen molar-refractivity contribution in [3.63, 3.8) is 0 Å². The molecule has 0 N–H and O–H groups in total. The van der Waals surface area contributed by atoms with E-state index in [9.17, 15) is 4.79 Å². The van der Waals surface area contributed by atoms with Gasteiger partial charge in [0.25, 0.3) is 0 Å². The minimum Gasteiger partial charge on any atom is -0.314 e. The van der Waals surface area contributed by atoms with Crippen LogP contribution in [-0.2, 0) is 4.79 Å². The average molecular weight is 218 g/mol. The number of hydrogen-bond acceptors (Lipinski definition) is 1. The van der Waals surface area contributed by atoms with Gasteiger partial charge in [-0.1, -0.05) is 23.2 Å². The molecular weight excluding hydrogens is 209 g/mol. The molecule has 4 heteroatoms. The van der Waals surface area contributed by atoms with E-state index in [0.717, 1.165) is 0 Å². The van der Waals surface area contributed by atoms with Gasteiger partial charge in [0, 0.05) is 19.0 Å². The summed E-state index contributed by atoms with van der Waals surface area (Å²) in [6.07, 6.45) is 0. The smallest absolute Gasteiger partial charge is 0.223 e. The molecule has 0 aromatic heterocycles. The number of hydrogen-bond donors (Lipinski definition) is 0. The molecule has 1 rings (SSSR count). The van der Waals surface area contributed by atoms with Gasteiger partial charge >= 0.3 is 0 Å². The van der Waals surface area contributed by atoms with E-state index in [4.69, 9.17) is 23.2 Å². The van der Waals surface area contributed by atoms with Crippen molar-refractivity contribution in [1.82, 2.24) is 0 Å². The van der Waals surface area contributed by atoms with Crippen molar-refractivity contribution >= 4 is 34.8 Å². The Balaban J connectivity index is 3.08. The minimum atomic E-state index is -0.0655. The third kappa shape index (κ3) is 2.36. The van der Waals surface area contributed by atoms with Gasteiger partial charge in [0.05, 0.1) is 10.7 Å². The van der Waals surface area contributed by atoms with Crippen LogP contribution in [0.4, 0.5) is 5.69 Å². The Labute approximate surface area is 87.1 Å². The molecule has 1 aromatic rings. The van der Waals surface area contributed by atoms with Crippen molar-refractivity contribution in [3.05, 3.63) is 28.2 Å². The molecule has 0 spiro atoms. The Morgan fingerprint density at radius 3 is 2.46 bits per heavy atom. The summed E-state index contributed by atoms with van der Waals surface area (Å²) in [4.78, 5) is 12.5. The fraction of sp³-hybridized carbons (Fsp3) is 0.222. The van der Waals surface area contributed by atoms with E-state index in [0.29, 0.717) is 15.7 Å². The molecule has 2 nitrogen and oxygen atoms in total. The zero-order valence-electron chi connectivity index (χ0n) is 7.34. The standard InChI is InChI=1S/C9H9Cl2NO/c1-6(13)12(2)9-4-3-7(10)5-8(9)11/h3-5H,1-2H3. The predicted molar refractivity (Wildman–Crippen MR) is 55.5 cm³/mol. The number of rotatable bonds is 1. The highest BCUT2D eigenvalue weighted by Crippen LogP contribution is 2.27. The van der Waals surface area contributed by atoms with Crippen LogP contribution in [-0.4, -0.2) is 13.0 Å². The lowest BCUT2D eigenvalue weighted by molar-refractivity contribution is -0.116. The Morgan fingerprint density at radius 1 is 1.38 bits per heavy atom. The molecule has 0 radical (unpaired) electrons. The first-order chi connectivity index (χ1) is 6.02. The minimum absolute atomic E-state index is 0.0655. The Bertz CT molecular complexity index is 338. The summed E-state index contributed by atoms with van der Waals surface area (Å²) in [5.41, 5.74) is 0.665. The van der Waals surface area contributed by atoms with E-state index in [1.54, 1.807) is 25.2 Å². The Morgan fingerprint density at radius 2 is 2.00 bits per heavy atom. The van der Waals surface area contributed by atoms with Gasteiger partial charge < -0.3 is 4.90 Å². The van der Waals surface area contributed by atoms with Gasteiger partial charge in [-0.15, -0.1) is 0 Å². The van der Waals surface area contributed by atoms with Gasteiger partial charge in [0.15, 0.2) is 0 Å². The summed E-state index contributed by atoms with van der Waals surface area (Å²) in [5.74, 6) is -0.0655. The molecule has 0 aliphatic carbocycles. The molecule has 0 aliphatic rings. The number of amides is 1. The summed E-state index contributed by atoms with van der Waals surface area (Å²) in [6.45, 7) is 1.48. The predicted octanol–water partition coefficient (Wildman–Crippen LogP) is 2.98. The highest BCUT2D eigenvalue weighted by atomic mass is 35.5.